The number of amides is 1. The van der Waals surface area contributed by atoms with Gasteiger partial charge >= 0.3 is 0 Å². The molecular weight excluding hydrogens is 407 g/mol. The smallest absolute Gasteiger partial charge is 0.220 e. The summed E-state index contributed by atoms with van der Waals surface area (Å²) in [5.41, 5.74) is 0. The topological polar surface area (TPSA) is 83.3 Å². The third-order valence-electron chi connectivity index (χ3n) is 3.45. The predicted octanol–water partition coefficient (Wildman–Crippen LogP) is 1.11. The van der Waals surface area contributed by atoms with Crippen LogP contribution in [0.3, 0.4) is 0 Å². The molecule has 1 fully saturated rings. The Bertz CT molecular complexity index is 472. The number of hydrogen-bond acceptors (Lipinski definition) is 3. The zero-order chi connectivity index (χ0) is 15.6. The van der Waals surface area contributed by atoms with E-state index in [0.29, 0.717) is 12.5 Å². The Labute approximate surface area is 154 Å². The highest BCUT2D eigenvalue weighted by Crippen LogP contribution is 2.18. The van der Waals surface area contributed by atoms with E-state index in [2.05, 4.69) is 26.0 Å². The SMILES string of the molecule is CN=C(NCCCC(=O)NC1CC1)NCCCn1cccn1.I. The lowest BCUT2D eigenvalue weighted by Crippen LogP contribution is -2.38. The zero-order valence-electron chi connectivity index (χ0n) is 13.6. The van der Waals surface area contributed by atoms with Crippen LogP contribution in [-0.2, 0) is 11.3 Å². The molecule has 1 aromatic heterocycles. The van der Waals surface area contributed by atoms with E-state index in [0.717, 1.165) is 51.3 Å². The summed E-state index contributed by atoms with van der Waals surface area (Å²) in [5, 5.41) is 13.6. The average molecular weight is 434 g/mol. The number of nitrogens with one attached hydrogen (secondary N) is 3. The Morgan fingerprint density at radius 3 is 2.65 bits per heavy atom. The Kier molecular flexibility index (Phi) is 9.65. The molecule has 1 saturated carbocycles. The predicted molar refractivity (Wildman–Crippen MR) is 102 cm³/mol. The number of hydrogen-bond donors (Lipinski definition) is 3. The number of guanidine groups is 1. The van der Waals surface area contributed by atoms with Crippen molar-refractivity contribution in [2.75, 3.05) is 20.1 Å². The molecule has 130 valence electrons. The van der Waals surface area contributed by atoms with Gasteiger partial charge in [0.15, 0.2) is 5.96 Å². The van der Waals surface area contributed by atoms with Gasteiger partial charge in [-0.2, -0.15) is 5.10 Å². The molecule has 2 rings (SSSR count). The van der Waals surface area contributed by atoms with E-state index < -0.39 is 0 Å². The summed E-state index contributed by atoms with van der Waals surface area (Å²) in [7, 11) is 1.75. The van der Waals surface area contributed by atoms with Gasteiger partial charge in [0.25, 0.3) is 0 Å². The van der Waals surface area contributed by atoms with Crippen LogP contribution in [-0.4, -0.2) is 47.8 Å². The lowest BCUT2D eigenvalue weighted by Gasteiger charge is -2.11. The molecule has 3 N–H and O–H groups in total. The molecule has 1 aliphatic rings. The molecule has 1 aliphatic carbocycles. The molecule has 0 aliphatic heterocycles. The van der Waals surface area contributed by atoms with Crippen molar-refractivity contribution >= 4 is 35.8 Å². The number of carbonyl (C=O) groups is 1. The van der Waals surface area contributed by atoms with Crippen molar-refractivity contribution in [2.24, 2.45) is 4.99 Å². The molecule has 0 radical (unpaired) electrons. The van der Waals surface area contributed by atoms with E-state index in [9.17, 15) is 4.79 Å². The Hall–Kier alpha value is -1.32. The molecule has 7 nitrogen and oxygen atoms in total. The van der Waals surface area contributed by atoms with Crippen LogP contribution in [0.15, 0.2) is 23.5 Å². The van der Waals surface area contributed by atoms with Gasteiger partial charge in [0.2, 0.25) is 5.91 Å². The minimum Gasteiger partial charge on any atom is -0.356 e. The monoisotopic (exact) mass is 434 g/mol. The Morgan fingerprint density at radius 1 is 1.30 bits per heavy atom. The van der Waals surface area contributed by atoms with Gasteiger partial charge in [-0.3, -0.25) is 14.5 Å². The molecule has 8 heteroatoms. The number of aryl methyl sites for hydroxylation is 1. The van der Waals surface area contributed by atoms with Crippen LogP contribution in [0.4, 0.5) is 0 Å². The van der Waals surface area contributed by atoms with E-state index in [4.69, 9.17) is 0 Å². The fraction of sp³-hybridized carbons (Fsp3) is 0.667. The summed E-state index contributed by atoms with van der Waals surface area (Å²) in [6.07, 6.45) is 8.38. The van der Waals surface area contributed by atoms with E-state index in [1.165, 1.54) is 0 Å². The second kappa shape index (κ2) is 11.3. The summed E-state index contributed by atoms with van der Waals surface area (Å²) in [5.74, 6) is 0.939. The number of aromatic nitrogens is 2. The molecule has 0 spiro atoms. The van der Waals surface area contributed by atoms with Crippen LogP contribution in [0.1, 0.15) is 32.1 Å². The average Bonchev–Trinajstić information content (AvgIpc) is 3.17. The highest BCUT2D eigenvalue weighted by molar-refractivity contribution is 14.0. The van der Waals surface area contributed by atoms with Crippen LogP contribution in [0.25, 0.3) is 0 Å². The lowest BCUT2D eigenvalue weighted by atomic mass is 10.3. The Balaban J connectivity index is 0.00000264. The second-order valence-electron chi connectivity index (χ2n) is 5.49. The molecule has 0 unspecified atom stereocenters. The zero-order valence-corrected chi connectivity index (χ0v) is 16.0. The van der Waals surface area contributed by atoms with Gasteiger partial charge in [0, 0.05) is 51.5 Å². The largest absolute Gasteiger partial charge is 0.356 e. The summed E-state index contributed by atoms with van der Waals surface area (Å²) < 4.78 is 1.91. The van der Waals surface area contributed by atoms with Crippen LogP contribution in [0, 0.1) is 0 Å². The summed E-state index contributed by atoms with van der Waals surface area (Å²) in [6.45, 7) is 2.47. The van der Waals surface area contributed by atoms with Crippen molar-refractivity contribution in [3.63, 3.8) is 0 Å². The molecule has 1 amide bonds. The third-order valence-corrected chi connectivity index (χ3v) is 3.45. The number of aliphatic imine (C=N–C) groups is 1. The Morgan fingerprint density at radius 2 is 2.04 bits per heavy atom. The molecule has 0 aromatic carbocycles. The van der Waals surface area contributed by atoms with Gasteiger partial charge in [-0.25, -0.2) is 0 Å². The van der Waals surface area contributed by atoms with Crippen molar-refractivity contribution in [2.45, 2.75) is 44.7 Å². The van der Waals surface area contributed by atoms with Crippen LogP contribution in [0.2, 0.25) is 0 Å². The van der Waals surface area contributed by atoms with E-state index >= 15 is 0 Å². The maximum absolute atomic E-state index is 11.5. The van der Waals surface area contributed by atoms with Crippen LogP contribution < -0.4 is 16.0 Å². The van der Waals surface area contributed by atoms with Gasteiger partial charge in [0.05, 0.1) is 0 Å². The first-order chi connectivity index (χ1) is 10.8. The first-order valence-electron chi connectivity index (χ1n) is 7.99. The molecule has 0 saturated heterocycles. The quantitative estimate of drug-likeness (QED) is 0.236. The summed E-state index contributed by atoms with van der Waals surface area (Å²) >= 11 is 0. The standard InChI is InChI=1S/C15H26N6O.HI/c1-16-15(18-9-3-11-21-12-4-10-19-21)17-8-2-5-14(22)20-13-6-7-13;/h4,10,12-13H,2-3,5-9,11H2,1H3,(H,20,22)(H2,16,17,18);1H. The lowest BCUT2D eigenvalue weighted by molar-refractivity contribution is -0.121. The van der Waals surface area contributed by atoms with Gasteiger partial charge in [-0.1, -0.05) is 0 Å². The maximum Gasteiger partial charge on any atom is 0.220 e. The van der Waals surface area contributed by atoms with Crippen LogP contribution in [0.5, 0.6) is 0 Å². The molecule has 0 bridgehead atoms. The van der Waals surface area contributed by atoms with Gasteiger partial charge in [-0.05, 0) is 31.7 Å². The molecular formula is C15H27IN6O. The second-order valence-corrected chi connectivity index (χ2v) is 5.49. The van der Waals surface area contributed by atoms with Crippen LogP contribution >= 0.6 is 24.0 Å². The fourth-order valence-electron chi connectivity index (χ4n) is 2.08. The van der Waals surface area contributed by atoms with Crippen molar-refractivity contribution in [1.29, 1.82) is 0 Å². The summed E-state index contributed by atoms with van der Waals surface area (Å²) in [6, 6.07) is 2.37. The number of carbonyl (C=O) groups excluding carboxylic acids is 1. The normalized spacial score (nSPS) is 14.0. The first kappa shape index (κ1) is 19.7. The molecule has 23 heavy (non-hydrogen) atoms. The molecule has 0 atom stereocenters. The highest BCUT2D eigenvalue weighted by atomic mass is 127. The van der Waals surface area contributed by atoms with E-state index in [-0.39, 0.29) is 29.9 Å². The van der Waals surface area contributed by atoms with E-state index in [1.807, 2.05) is 16.9 Å². The molecule has 1 aromatic rings. The number of nitrogens with zero attached hydrogens (tertiary/aromatic N) is 3. The first-order valence-corrected chi connectivity index (χ1v) is 7.99. The third kappa shape index (κ3) is 8.77. The van der Waals surface area contributed by atoms with Crippen molar-refractivity contribution in [3.8, 4) is 0 Å². The van der Waals surface area contributed by atoms with Gasteiger partial charge in [-0.15, -0.1) is 24.0 Å². The van der Waals surface area contributed by atoms with E-state index in [1.54, 1.807) is 13.2 Å². The number of rotatable bonds is 9. The van der Waals surface area contributed by atoms with Gasteiger partial charge in [0.1, 0.15) is 0 Å². The van der Waals surface area contributed by atoms with Crippen molar-refractivity contribution in [1.82, 2.24) is 25.7 Å². The van der Waals surface area contributed by atoms with Gasteiger partial charge < -0.3 is 16.0 Å². The van der Waals surface area contributed by atoms with Crippen molar-refractivity contribution in [3.05, 3.63) is 18.5 Å². The minimum absolute atomic E-state index is 0. The maximum atomic E-state index is 11.5. The molecule has 1 heterocycles. The summed E-state index contributed by atoms with van der Waals surface area (Å²) in [4.78, 5) is 15.7. The minimum atomic E-state index is 0. The fourth-order valence-corrected chi connectivity index (χ4v) is 2.08. The van der Waals surface area contributed by atoms with Crippen molar-refractivity contribution < 1.29 is 4.79 Å². The number of halogens is 1. The highest BCUT2D eigenvalue weighted by Gasteiger charge is 2.22.